The van der Waals surface area contributed by atoms with Crippen LogP contribution in [0.5, 0.6) is 0 Å². The van der Waals surface area contributed by atoms with E-state index < -0.39 is 57.4 Å². The van der Waals surface area contributed by atoms with Crippen molar-refractivity contribution in [2.45, 2.75) is 174 Å². The number of aliphatic hydroxyl groups excluding tert-OH is 3. The van der Waals surface area contributed by atoms with Crippen molar-refractivity contribution in [1.82, 2.24) is 0 Å². The molecule has 0 aliphatic heterocycles. The molecule has 1 aliphatic rings. The van der Waals surface area contributed by atoms with E-state index in [-0.39, 0.29) is 44.2 Å². The Morgan fingerprint density at radius 2 is 1.53 bits per heavy atom. The van der Waals surface area contributed by atoms with Crippen LogP contribution >= 0.6 is 7.82 Å². The fraction of sp³-hybridized carbons (Fsp3) is 0.767. The highest BCUT2D eigenvalue weighted by Gasteiger charge is 2.39. The minimum Gasteiger partial charge on any atom is -0.466 e. The minimum absolute atomic E-state index is 0.00246. The van der Waals surface area contributed by atoms with Gasteiger partial charge in [0.2, 0.25) is 0 Å². The smallest absolute Gasteiger partial charge is 0.466 e. The molecule has 57 heavy (non-hydrogen) atoms. The molecule has 0 bridgehead atoms. The highest BCUT2D eigenvalue weighted by Crippen LogP contribution is 2.43. The number of allylic oxidation sites excluding steroid dienone is 1. The third-order valence-electron chi connectivity index (χ3n) is 10.6. The van der Waals surface area contributed by atoms with Crippen LogP contribution in [-0.4, -0.2) is 82.9 Å². The number of hydrogen-bond donors (Lipinski definition) is 5. The summed E-state index contributed by atoms with van der Waals surface area (Å²) in [4.78, 5) is 35.2. The maximum Gasteiger partial charge on any atom is 0.472 e. The third kappa shape index (κ3) is 21.0. The van der Waals surface area contributed by atoms with Crippen molar-refractivity contribution in [3.05, 3.63) is 47.0 Å². The van der Waals surface area contributed by atoms with Crippen molar-refractivity contribution in [1.29, 1.82) is 0 Å². The zero-order chi connectivity index (χ0) is 42.1. The normalized spacial score (nSPS) is 20.6. The lowest BCUT2D eigenvalue weighted by molar-refractivity contribution is -0.160. The molecular weight excluding hydrogens is 753 g/mol. The number of hydrogen-bond acceptors (Lipinski definition) is 12. The van der Waals surface area contributed by atoms with Crippen molar-refractivity contribution in [2.75, 3.05) is 26.4 Å². The molecule has 0 radical (unpaired) electrons. The number of nitrogens with two attached hydrogens (primary N) is 1. The summed E-state index contributed by atoms with van der Waals surface area (Å²) in [7, 11) is -4.47. The number of carbonyl (C=O) groups is 2. The van der Waals surface area contributed by atoms with Crippen molar-refractivity contribution >= 4 is 19.8 Å². The molecule has 1 aliphatic carbocycles. The van der Waals surface area contributed by atoms with Crippen LogP contribution in [0.2, 0.25) is 0 Å². The van der Waals surface area contributed by atoms with Crippen LogP contribution < -0.4 is 5.73 Å². The Hall–Kier alpha value is -2.35. The predicted molar refractivity (Wildman–Crippen MR) is 220 cm³/mol. The van der Waals surface area contributed by atoms with Crippen molar-refractivity contribution < 1.29 is 57.3 Å². The van der Waals surface area contributed by atoms with Gasteiger partial charge in [-0.3, -0.25) is 18.6 Å². The van der Waals surface area contributed by atoms with Gasteiger partial charge in [0, 0.05) is 38.1 Å². The highest BCUT2D eigenvalue weighted by atomic mass is 31.2. The summed E-state index contributed by atoms with van der Waals surface area (Å²) in [6, 6.07) is 0. The monoisotopic (exact) mass is 827 g/mol. The summed E-state index contributed by atoms with van der Waals surface area (Å²) < 4.78 is 38.8. The first-order valence-corrected chi connectivity index (χ1v) is 22.9. The number of ether oxygens (including phenoxy) is 2. The predicted octanol–water partition coefficient (Wildman–Crippen LogP) is 7.64. The van der Waals surface area contributed by atoms with E-state index in [0.29, 0.717) is 19.3 Å². The van der Waals surface area contributed by atoms with Gasteiger partial charge in [0.25, 0.3) is 0 Å². The Labute approximate surface area is 341 Å². The van der Waals surface area contributed by atoms with Gasteiger partial charge >= 0.3 is 19.8 Å². The largest absolute Gasteiger partial charge is 0.472 e. The topological polar surface area (TPSA) is 208 Å². The second-order valence-electron chi connectivity index (χ2n) is 15.4. The summed E-state index contributed by atoms with van der Waals surface area (Å²) in [5.74, 6) is 0.491. The van der Waals surface area contributed by atoms with E-state index in [1.54, 1.807) is 24.3 Å². The van der Waals surface area contributed by atoms with Gasteiger partial charge in [-0.15, -0.1) is 0 Å². The maximum atomic E-state index is 12.7. The number of aryl methyl sites for hydroxylation is 2. The lowest BCUT2D eigenvalue weighted by atomic mass is 9.89. The fourth-order valence-electron chi connectivity index (χ4n) is 7.12. The number of phosphoric ester groups is 1. The molecule has 1 heterocycles. The molecule has 1 aromatic rings. The van der Waals surface area contributed by atoms with Gasteiger partial charge in [0.1, 0.15) is 18.1 Å². The Bertz CT molecular complexity index is 1380. The first kappa shape index (κ1) is 50.8. The van der Waals surface area contributed by atoms with E-state index in [2.05, 4.69) is 27.7 Å². The van der Waals surface area contributed by atoms with Gasteiger partial charge in [-0.25, -0.2) is 4.57 Å². The number of aliphatic hydroxyl groups is 3. The number of phosphoric acid groups is 1. The first-order chi connectivity index (χ1) is 27.3. The molecule has 7 atom stereocenters. The Morgan fingerprint density at radius 3 is 2.19 bits per heavy atom. The molecule has 2 rings (SSSR count). The molecule has 0 aromatic carbocycles. The van der Waals surface area contributed by atoms with Crippen LogP contribution in [0.3, 0.4) is 0 Å². The van der Waals surface area contributed by atoms with E-state index in [9.17, 15) is 34.4 Å². The second kappa shape index (κ2) is 29.0. The molecule has 328 valence electrons. The summed E-state index contributed by atoms with van der Waals surface area (Å²) in [6.45, 7) is 7.43. The maximum absolute atomic E-state index is 12.7. The van der Waals surface area contributed by atoms with Gasteiger partial charge in [-0.05, 0) is 63.0 Å². The first-order valence-electron chi connectivity index (χ1n) is 21.4. The lowest BCUT2D eigenvalue weighted by Gasteiger charge is -2.20. The Kier molecular flexibility index (Phi) is 25.8. The zero-order valence-electron chi connectivity index (χ0n) is 35.1. The van der Waals surface area contributed by atoms with Crippen molar-refractivity contribution in [3.63, 3.8) is 0 Å². The quantitative estimate of drug-likeness (QED) is 0.0205. The standard InChI is InChI=1S/C43H74NO12P/c1-5-7-14-20-34(45)25-26-37-36(38(46)29-39(37)47)21-17-18-23-42(48)52-30-35(31-54-57(50,51)53-28-27-44)55-43(49)24-16-13-11-9-8-10-12-15-22-41-33(4)32(3)40(56-41)19-6-2/h17-18,25-26,34-39,45-47H,5-16,19-24,27-31,44H2,1-4H3,(H,50,51)/b18-17-,26-25+/t34-,35-,36+,37-,38+,39-/m1/s1. The zero-order valence-corrected chi connectivity index (χ0v) is 36.0. The summed E-state index contributed by atoms with van der Waals surface area (Å²) in [5, 5.41) is 31.3. The molecule has 6 N–H and O–H groups in total. The molecule has 1 fully saturated rings. The molecule has 13 nitrogen and oxygen atoms in total. The number of furan rings is 1. The van der Waals surface area contributed by atoms with Crippen LogP contribution in [0.15, 0.2) is 28.7 Å². The van der Waals surface area contributed by atoms with Gasteiger partial charge in [0.05, 0.1) is 37.9 Å². The Balaban J connectivity index is 1.74. The highest BCUT2D eigenvalue weighted by molar-refractivity contribution is 7.47. The number of rotatable bonds is 32. The summed E-state index contributed by atoms with van der Waals surface area (Å²) >= 11 is 0. The van der Waals surface area contributed by atoms with Crippen LogP contribution in [0.4, 0.5) is 0 Å². The van der Waals surface area contributed by atoms with Crippen LogP contribution in [0.1, 0.15) is 146 Å². The average molecular weight is 828 g/mol. The fourth-order valence-corrected chi connectivity index (χ4v) is 7.89. The summed E-state index contributed by atoms with van der Waals surface area (Å²) in [6.07, 6.45) is 19.1. The molecule has 1 saturated carbocycles. The van der Waals surface area contributed by atoms with E-state index >= 15 is 0 Å². The van der Waals surface area contributed by atoms with E-state index in [4.69, 9.17) is 28.7 Å². The molecule has 1 unspecified atom stereocenters. The van der Waals surface area contributed by atoms with Gasteiger partial charge < -0.3 is 39.8 Å². The lowest BCUT2D eigenvalue weighted by Crippen LogP contribution is -2.29. The average Bonchev–Trinajstić information content (AvgIpc) is 3.60. The molecule has 0 amide bonds. The molecular formula is C43H74NO12P. The van der Waals surface area contributed by atoms with Crippen LogP contribution in [0, 0.1) is 25.7 Å². The number of esters is 2. The van der Waals surface area contributed by atoms with E-state index in [0.717, 1.165) is 95.0 Å². The second-order valence-corrected chi connectivity index (χ2v) is 16.9. The molecule has 14 heteroatoms. The van der Waals surface area contributed by atoms with E-state index in [1.165, 1.54) is 11.1 Å². The van der Waals surface area contributed by atoms with Gasteiger partial charge in [0.15, 0.2) is 6.10 Å². The third-order valence-corrected chi connectivity index (χ3v) is 11.6. The number of carbonyl (C=O) groups excluding carboxylic acids is 2. The van der Waals surface area contributed by atoms with Gasteiger partial charge in [-0.2, -0.15) is 0 Å². The molecule has 0 saturated heterocycles. The molecule has 1 aromatic heterocycles. The van der Waals surface area contributed by atoms with Crippen molar-refractivity contribution in [3.8, 4) is 0 Å². The minimum atomic E-state index is -4.47. The van der Waals surface area contributed by atoms with Crippen LogP contribution in [0.25, 0.3) is 0 Å². The SMILES string of the molecule is CCCCC[C@@H](O)/C=C/[C@@H]1[C@H](C/C=C\CC(=O)OC[C@H](COP(=O)(O)OCCN)OC(=O)CCCCCCCCCCc2oc(CCC)c(C)c2C)[C@@H](O)C[C@H]1O. The molecule has 0 spiro atoms. The number of unbranched alkanes of at least 4 members (excludes halogenated alkanes) is 9. The van der Waals surface area contributed by atoms with Gasteiger partial charge in [-0.1, -0.05) is 95.9 Å². The van der Waals surface area contributed by atoms with Crippen LogP contribution in [-0.2, 0) is 45.5 Å². The van der Waals surface area contributed by atoms with Crippen molar-refractivity contribution in [2.24, 2.45) is 17.6 Å². The van der Waals surface area contributed by atoms with E-state index in [1.807, 2.05) is 0 Å². The summed E-state index contributed by atoms with van der Waals surface area (Å²) in [5.41, 5.74) is 7.93. The Morgan fingerprint density at radius 1 is 0.860 bits per heavy atom.